The van der Waals surface area contributed by atoms with E-state index < -0.39 is 16.1 Å². The van der Waals surface area contributed by atoms with Gasteiger partial charge in [-0.05, 0) is 30.5 Å². The lowest BCUT2D eigenvalue weighted by atomic mass is 10.0. The zero-order valence-corrected chi connectivity index (χ0v) is 18.6. The third-order valence-corrected chi connectivity index (χ3v) is 8.33. The number of piperazine rings is 1. The highest BCUT2D eigenvalue weighted by atomic mass is 35.5. The summed E-state index contributed by atoms with van der Waals surface area (Å²) in [5, 5.41) is 3.33. The van der Waals surface area contributed by atoms with E-state index in [-0.39, 0.29) is 40.0 Å². The minimum atomic E-state index is -3.77. The van der Waals surface area contributed by atoms with Crippen molar-refractivity contribution < 1.29 is 13.2 Å². The van der Waals surface area contributed by atoms with E-state index in [2.05, 4.69) is 5.32 Å². The van der Waals surface area contributed by atoms with Crippen LogP contribution in [0.15, 0.2) is 53.4 Å². The molecule has 2 fully saturated rings. The maximum Gasteiger partial charge on any atom is 0.244 e. The summed E-state index contributed by atoms with van der Waals surface area (Å²) in [6, 6.07) is 14.0. The zero-order chi connectivity index (χ0) is 21.3. The van der Waals surface area contributed by atoms with Crippen LogP contribution >= 0.6 is 23.2 Å². The van der Waals surface area contributed by atoms with Crippen LogP contribution in [0, 0.1) is 0 Å². The molecule has 2 aromatic rings. The lowest BCUT2D eigenvalue weighted by molar-refractivity contribution is -0.127. The molecule has 0 bridgehead atoms. The van der Waals surface area contributed by atoms with Crippen LogP contribution in [0.3, 0.4) is 0 Å². The maximum atomic E-state index is 13.1. The van der Waals surface area contributed by atoms with Crippen LogP contribution in [0.25, 0.3) is 0 Å². The summed E-state index contributed by atoms with van der Waals surface area (Å²) in [6.07, 6.45) is 2.03. The highest BCUT2D eigenvalue weighted by Crippen LogP contribution is 2.32. The van der Waals surface area contributed by atoms with Crippen LogP contribution in [0.5, 0.6) is 0 Å². The van der Waals surface area contributed by atoms with Gasteiger partial charge in [0.05, 0.1) is 10.0 Å². The summed E-state index contributed by atoms with van der Waals surface area (Å²) in [5.74, 6) is -0.0297. The minimum Gasteiger partial charge on any atom is -0.352 e. The lowest BCUT2D eigenvalue weighted by Crippen LogP contribution is -2.52. The van der Waals surface area contributed by atoms with Crippen LogP contribution in [-0.4, -0.2) is 55.8 Å². The Balaban J connectivity index is 1.51. The van der Waals surface area contributed by atoms with E-state index in [1.807, 2.05) is 35.2 Å². The zero-order valence-electron chi connectivity index (χ0n) is 16.3. The first-order valence-electron chi connectivity index (χ1n) is 9.91. The average molecular weight is 468 g/mol. The van der Waals surface area contributed by atoms with E-state index in [1.165, 1.54) is 10.4 Å². The predicted octanol–water partition coefficient (Wildman–Crippen LogP) is 3.32. The van der Waals surface area contributed by atoms with E-state index in [9.17, 15) is 13.2 Å². The third kappa shape index (κ3) is 4.50. The molecule has 1 aliphatic heterocycles. The van der Waals surface area contributed by atoms with Crippen molar-refractivity contribution in [2.24, 2.45) is 0 Å². The molecular weight excluding hydrogens is 445 g/mol. The fourth-order valence-electron chi connectivity index (χ4n) is 3.70. The fraction of sp³-hybridized carbons (Fsp3) is 0.381. The first kappa shape index (κ1) is 21.6. The topological polar surface area (TPSA) is 69.7 Å². The summed E-state index contributed by atoms with van der Waals surface area (Å²) >= 11 is 12.2. The van der Waals surface area contributed by atoms with Gasteiger partial charge in [0, 0.05) is 32.2 Å². The molecule has 1 saturated heterocycles. The molecule has 2 aliphatic rings. The quantitative estimate of drug-likeness (QED) is 0.707. The van der Waals surface area contributed by atoms with Gasteiger partial charge in [0.25, 0.3) is 0 Å². The summed E-state index contributed by atoms with van der Waals surface area (Å²) in [6.45, 7) is 1.42. The van der Waals surface area contributed by atoms with Crippen molar-refractivity contribution in [2.75, 3.05) is 26.2 Å². The number of carbonyl (C=O) groups is 1. The number of carbonyl (C=O) groups excluding carboxylic acids is 1. The van der Waals surface area contributed by atoms with Gasteiger partial charge in [-0.25, -0.2) is 8.42 Å². The van der Waals surface area contributed by atoms with E-state index in [1.54, 1.807) is 12.1 Å². The summed E-state index contributed by atoms with van der Waals surface area (Å²) in [5.41, 5.74) is 0.907. The highest BCUT2D eigenvalue weighted by molar-refractivity contribution is 7.89. The van der Waals surface area contributed by atoms with Crippen LogP contribution in [0.2, 0.25) is 10.0 Å². The van der Waals surface area contributed by atoms with Crippen LogP contribution < -0.4 is 5.32 Å². The Kier molecular flexibility index (Phi) is 6.36. The van der Waals surface area contributed by atoms with Gasteiger partial charge < -0.3 is 5.32 Å². The number of nitrogens with zero attached hydrogens (tertiary/aromatic N) is 2. The molecule has 1 aliphatic carbocycles. The fourth-order valence-corrected chi connectivity index (χ4v) is 5.85. The Morgan fingerprint density at radius 2 is 1.63 bits per heavy atom. The third-order valence-electron chi connectivity index (χ3n) is 5.46. The Morgan fingerprint density at radius 3 is 2.27 bits per heavy atom. The van der Waals surface area contributed by atoms with Crippen molar-refractivity contribution in [3.63, 3.8) is 0 Å². The number of nitrogens with one attached hydrogen (secondary N) is 1. The van der Waals surface area contributed by atoms with Crippen molar-refractivity contribution in [1.29, 1.82) is 0 Å². The van der Waals surface area contributed by atoms with Crippen molar-refractivity contribution in [3.8, 4) is 0 Å². The van der Waals surface area contributed by atoms with E-state index >= 15 is 0 Å². The van der Waals surface area contributed by atoms with Gasteiger partial charge in [0.1, 0.15) is 10.9 Å². The maximum absolute atomic E-state index is 13.1. The number of halogens is 2. The molecule has 1 atom stereocenters. The molecule has 2 aromatic carbocycles. The first-order valence-corrected chi connectivity index (χ1v) is 12.1. The minimum absolute atomic E-state index is 0.0104. The standard InChI is InChI=1S/C21H23Cl2N3O3S/c22-17-7-4-8-18(19(17)23)30(28,29)26-13-11-25(12-14-26)20(15-5-2-1-3-6-15)21(27)24-16-9-10-16/h1-8,16,20H,9-14H2,(H,24,27). The Bertz CT molecular complexity index is 1020. The molecule has 1 amide bonds. The van der Waals surface area contributed by atoms with Crippen molar-refractivity contribution in [2.45, 2.75) is 29.8 Å². The Labute approximate surface area is 186 Å². The van der Waals surface area contributed by atoms with Gasteiger partial charge in [-0.2, -0.15) is 4.31 Å². The normalized spacial score (nSPS) is 19.4. The number of hydrogen-bond donors (Lipinski definition) is 1. The van der Waals surface area contributed by atoms with Crippen LogP contribution in [0.1, 0.15) is 24.4 Å². The highest BCUT2D eigenvalue weighted by Gasteiger charge is 2.36. The second kappa shape index (κ2) is 8.85. The molecule has 0 radical (unpaired) electrons. The van der Waals surface area contributed by atoms with Crippen molar-refractivity contribution >= 4 is 39.1 Å². The van der Waals surface area contributed by atoms with Gasteiger partial charge in [0.15, 0.2) is 0 Å². The molecule has 1 unspecified atom stereocenters. The van der Waals surface area contributed by atoms with E-state index in [0.717, 1.165) is 18.4 Å². The first-order chi connectivity index (χ1) is 14.4. The molecule has 4 rings (SSSR count). The van der Waals surface area contributed by atoms with Crippen molar-refractivity contribution in [3.05, 3.63) is 64.1 Å². The summed E-state index contributed by atoms with van der Waals surface area (Å²) in [7, 11) is -3.77. The Hall–Kier alpha value is -1.64. The molecule has 1 heterocycles. The van der Waals surface area contributed by atoms with E-state index in [4.69, 9.17) is 23.2 Å². The number of hydrogen-bond acceptors (Lipinski definition) is 4. The second-order valence-corrected chi connectivity index (χ2v) is 10.3. The SMILES string of the molecule is O=C(NC1CC1)C(c1ccccc1)N1CCN(S(=O)(=O)c2cccc(Cl)c2Cl)CC1. The molecule has 6 nitrogen and oxygen atoms in total. The van der Waals surface area contributed by atoms with Gasteiger partial charge in [-0.1, -0.05) is 59.6 Å². The number of rotatable bonds is 6. The molecule has 30 heavy (non-hydrogen) atoms. The second-order valence-electron chi connectivity index (χ2n) is 7.59. The average Bonchev–Trinajstić information content (AvgIpc) is 3.55. The molecule has 0 aromatic heterocycles. The molecule has 1 saturated carbocycles. The molecule has 1 N–H and O–H groups in total. The molecule has 160 valence electrons. The number of sulfonamides is 1. The van der Waals surface area contributed by atoms with Gasteiger partial charge in [-0.15, -0.1) is 0 Å². The van der Waals surface area contributed by atoms with Gasteiger partial charge in [0.2, 0.25) is 15.9 Å². The molecule has 0 spiro atoms. The van der Waals surface area contributed by atoms with E-state index in [0.29, 0.717) is 13.1 Å². The predicted molar refractivity (Wildman–Crippen MR) is 117 cm³/mol. The van der Waals surface area contributed by atoms with Gasteiger partial charge in [-0.3, -0.25) is 9.69 Å². The van der Waals surface area contributed by atoms with Crippen LogP contribution in [-0.2, 0) is 14.8 Å². The van der Waals surface area contributed by atoms with Crippen LogP contribution in [0.4, 0.5) is 0 Å². The molecular formula is C21H23Cl2N3O3S. The Morgan fingerprint density at radius 1 is 0.967 bits per heavy atom. The summed E-state index contributed by atoms with van der Waals surface area (Å²) < 4.78 is 27.6. The van der Waals surface area contributed by atoms with Crippen molar-refractivity contribution in [1.82, 2.24) is 14.5 Å². The number of amides is 1. The monoisotopic (exact) mass is 467 g/mol. The molecule has 9 heteroatoms. The largest absolute Gasteiger partial charge is 0.352 e. The summed E-state index contributed by atoms with van der Waals surface area (Å²) in [4.78, 5) is 15.0. The lowest BCUT2D eigenvalue weighted by Gasteiger charge is -2.38. The number of benzene rings is 2. The smallest absolute Gasteiger partial charge is 0.244 e. The van der Waals surface area contributed by atoms with Gasteiger partial charge >= 0.3 is 0 Å².